The zero-order chi connectivity index (χ0) is 9.35. The van der Waals surface area contributed by atoms with Gasteiger partial charge in [0.05, 0.1) is 6.61 Å². The maximum absolute atomic E-state index is 9.51. The Balaban J connectivity index is 2.81. The molecule has 0 aromatic carbocycles. The van der Waals surface area contributed by atoms with Crippen LogP contribution in [0.1, 0.15) is 13.8 Å². The van der Waals surface area contributed by atoms with Crippen LogP contribution in [0.15, 0.2) is 0 Å². The number of hydrogen-bond acceptors (Lipinski definition) is 2. The lowest BCUT2D eigenvalue weighted by molar-refractivity contribution is -0.0820. The Morgan fingerprint density at radius 2 is 2.25 bits per heavy atom. The van der Waals surface area contributed by atoms with Crippen LogP contribution < -0.4 is 0 Å². The van der Waals surface area contributed by atoms with E-state index < -0.39 is 11.2 Å². The Kier molecular flexibility index (Phi) is 3.27. The van der Waals surface area contributed by atoms with Crippen LogP contribution in [0, 0.1) is 11.8 Å². The Labute approximate surface area is 82.8 Å². The second kappa shape index (κ2) is 3.70. The van der Waals surface area contributed by atoms with Crippen LogP contribution in [0.5, 0.6) is 0 Å². The van der Waals surface area contributed by atoms with Crippen molar-refractivity contribution in [2.75, 3.05) is 12.5 Å². The number of rotatable bonds is 2. The average Bonchev–Trinajstić information content (AvgIpc) is 2.30. The largest absolute Gasteiger partial charge is 0.366 e. The molecule has 1 aliphatic rings. The van der Waals surface area contributed by atoms with Crippen molar-refractivity contribution < 1.29 is 9.84 Å². The summed E-state index contributed by atoms with van der Waals surface area (Å²) in [6.45, 7) is 4.38. The molecule has 0 saturated carbocycles. The van der Waals surface area contributed by atoms with Gasteiger partial charge in [-0.25, -0.2) is 0 Å². The molecule has 72 valence electrons. The summed E-state index contributed by atoms with van der Waals surface area (Å²) < 4.78 is 5.07. The van der Waals surface area contributed by atoms with Gasteiger partial charge in [-0.15, -0.1) is 23.2 Å². The predicted octanol–water partition coefficient (Wildman–Crippen LogP) is 1.82. The topological polar surface area (TPSA) is 29.5 Å². The third kappa shape index (κ3) is 1.46. The molecule has 1 fully saturated rings. The van der Waals surface area contributed by atoms with Gasteiger partial charge in [0.1, 0.15) is 4.87 Å². The molecule has 0 aliphatic carbocycles. The molecule has 0 aromatic heterocycles. The molecule has 12 heavy (non-hydrogen) atoms. The highest BCUT2D eigenvalue weighted by atomic mass is 35.5. The van der Waals surface area contributed by atoms with Gasteiger partial charge < -0.3 is 9.84 Å². The van der Waals surface area contributed by atoms with Crippen molar-refractivity contribution in [3.05, 3.63) is 0 Å². The molecule has 0 radical (unpaired) electrons. The zero-order valence-corrected chi connectivity index (χ0v) is 8.77. The summed E-state index contributed by atoms with van der Waals surface area (Å²) >= 11 is 12.0. The van der Waals surface area contributed by atoms with Crippen LogP contribution in [0.3, 0.4) is 0 Å². The van der Waals surface area contributed by atoms with Crippen molar-refractivity contribution in [1.29, 1.82) is 0 Å². The van der Waals surface area contributed by atoms with Gasteiger partial charge in [-0.05, 0) is 5.92 Å². The molecule has 4 heteroatoms. The molecule has 3 unspecified atom stereocenters. The van der Waals surface area contributed by atoms with Crippen LogP contribution in [-0.4, -0.2) is 28.8 Å². The monoisotopic (exact) mass is 212 g/mol. The van der Waals surface area contributed by atoms with Gasteiger partial charge in [0, 0.05) is 11.8 Å². The second-order valence-corrected chi connectivity index (χ2v) is 4.48. The molecule has 1 aliphatic heterocycles. The number of aliphatic hydroxyl groups excluding tert-OH is 1. The maximum Gasteiger partial charge on any atom is 0.174 e. The molecule has 0 bridgehead atoms. The van der Waals surface area contributed by atoms with Crippen LogP contribution in [0.2, 0.25) is 0 Å². The molecule has 1 saturated heterocycles. The fourth-order valence-corrected chi connectivity index (χ4v) is 2.21. The van der Waals surface area contributed by atoms with Gasteiger partial charge >= 0.3 is 0 Å². The number of halogens is 2. The quantitative estimate of drug-likeness (QED) is 0.709. The smallest absolute Gasteiger partial charge is 0.174 e. The molecule has 1 N–H and O–H groups in total. The summed E-state index contributed by atoms with van der Waals surface area (Å²) in [6.07, 6.45) is -0.886. The van der Waals surface area contributed by atoms with Crippen molar-refractivity contribution in [3.8, 4) is 0 Å². The highest BCUT2D eigenvalue weighted by molar-refractivity contribution is 6.26. The van der Waals surface area contributed by atoms with Gasteiger partial charge in [-0.3, -0.25) is 0 Å². The fraction of sp³-hybridized carbons (Fsp3) is 1.00. The molecule has 0 spiro atoms. The van der Waals surface area contributed by atoms with E-state index in [4.69, 9.17) is 27.9 Å². The summed E-state index contributed by atoms with van der Waals surface area (Å²) in [5.74, 6) is 0.620. The molecule has 3 atom stereocenters. The summed E-state index contributed by atoms with van der Waals surface area (Å²) in [4.78, 5) is -0.707. The normalized spacial score (nSPS) is 42.5. The fourth-order valence-electron chi connectivity index (χ4n) is 1.58. The third-order valence-corrected chi connectivity index (χ3v) is 3.83. The minimum absolute atomic E-state index is 0.0378. The molecular formula is C8H14Cl2O2. The first-order chi connectivity index (χ1) is 5.53. The molecule has 1 rings (SSSR count). The van der Waals surface area contributed by atoms with E-state index in [0.717, 1.165) is 0 Å². The van der Waals surface area contributed by atoms with Gasteiger partial charge in [0.15, 0.2) is 6.29 Å². The predicted molar refractivity (Wildman–Crippen MR) is 49.6 cm³/mol. The average molecular weight is 213 g/mol. The Morgan fingerprint density at radius 1 is 1.67 bits per heavy atom. The van der Waals surface area contributed by atoms with E-state index in [-0.39, 0.29) is 11.8 Å². The van der Waals surface area contributed by atoms with Crippen molar-refractivity contribution in [2.45, 2.75) is 25.0 Å². The van der Waals surface area contributed by atoms with Crippen LogP contribution in [0.25, 0.3) is 0 Å². The highest BCUT2D eigenvalue weighted by Gasteiger charge is 2.51. The standard InChI is InChI=1S/C8H14Cl2O2/c1-5(2)8(10)6(3-9)4-12-7(8)11/h5-7,11H,3-4H2,1-2H3. The first kappa shape index (κ1) is 10.6. The maximum atomic E-state index is 9.51. The number of aliphatic hydroxyl groups is 1. The lowest BCUT2D eigenvalue weighted by Gasteiger charge is -2.32. The lowest BCUT2D eigenvalue weighted by Crippen LogP contribution is -2.43. The van der Waals surface area contributed by atoms with Gasteiger partial charge in [0.2, 0.25) is 0 Å². The molecule has 1 heterocycles. The van der Waals surface area contributed by atoms with Crippen molar-refractivity contribution in [1.82, 2.24) is 0 Å². The lowest BCUT2D eigenvalue weighted by atomic mass is 9.85. The summed E-state index contributed by atoms with van der Waals surface area (Å²) in [5, 5.41) is 9.51. The number of ether oxygens (including phenoxy) is 1. The first-order valence-electron chi connectivity index (χ1n) is 4.08. The first-order valence-corrected chi connectivity index (χ1v) is 4.99. The van der Waals surface area contributed by atoms with Crippen LogP contribution >= 0.6 is 23.2 Å². The van der Waals surface area contributed by atoms with E-state index in [9.17, 15) is 5.11 Å². The molecule has 2 nitrogen and oxygen atoms in total. The Morgan fingerprint density at radius 3 is 2.58 bits per heavy atom. The van der Waals surface area contributed by atoms with E-state index >= 15 is 0 Å². The Bertz CT molecular complexity index is 163. The second-order valence-electron chi connectivity index (χ2n) is 3.52. The van der Waals surface area contributed by atoms with Gasteiger partial charge in [-0.1, -0.05) is 13.8 Å². The van der Waals surface area contributed by atoms with Gasteiger partial charge in [-0.2, -0.15) is 0 Å². The summed E-state index contributed by atoms with van der Waals surface area (Å²) in [5.41, 5.74) is 0. The van der Waals surface area contributed by atoms with Crippen molar-refractivity contribution in [3.63, 3.8) is 0 Å². The van der Waals surface area contributed by atoms with E-state index in [1.165, 1.54) is 0 Å². The number of alkyl halides is 2. The molecule has 0 amide bonds. The van der Waals surface area contributed by atoms with E-state index in [1.54, 1.807) is 0 Å². The summed E-state index contributed by atoms with van der Waals surface area (Å²) in [6, 6.07) is 0. The third-order valence-electron chi connectivity index (χ3n) is 2.53. The van der Waals surface area contributed by atoms with Crippen molar-refractivity contribution in [2.24, 2.45) is 11.8 Å². The molecular weight excluding hydrogens is 199 g/mol. The SMILES string of the molecule is CC(C)C1(Cl)C(CCl)COC1O. The zero-order valence-electron chi connectivity index (χ0n) is 7.26. The van der Waals surface area contributed by atoms with E-state index in [0.29, 0.717) is 12.5 Å². The highest BCUT2D eigenvalue weighted by Crippen LogP contribution is 2.42. The van der Waals surface area contributed by atoms with Crippen LogP contribution in [0.4, 0.5) is 0 Å². The van der Waals surface area contributed by atoms with Crippen molar-refractivity contribution >= 4 is 23.2 Å². The minimum Gasteiger partial charge on any atom is -0.366 e. The van der Waals surface area contributed by atoms with Gasteiger partial charge in [0.25, 0.3) is 0 Å². The molecule has 0 aromatic rings. The van der Waals surface area contributed by atoms with E-state index in [1.807, 2.05) is 13.8 Å². The summed E-state index contributed by atoms with van der Waals surface area (Å²) in [7, 11) is 0. The number of hydrogen-bond donors (Lipinski definition) is 1. The van der Waals surface area contributed by atoms with E-state index in [2.05, 4.69) is 0 Å². The Hall–Kier alpha value is 0.500. The minimum atomic E-state index is -0.886. The van der Waals surface area contributed by atoms with Crippen LogP contribution in [-0.2, 0) is 4.74 Å².